The number of hydrogen-bond acceptors (Lipinski definition) is 7. The van der Waals surface area contributed by atoms with Gasteiger partial charge in [0.2, 0.25) is 0 Å². The van der Waals surface area contributed by atoms with Gasteiger partial charge in [-0.05, 0) is 51.4 Å². The summed E-state index contributed by atoms with van der Waals surface area (Å²) in [5.74, 6) is -1.79. The molecule has 2 atom stereocenters. The number of hydrogen-bond donors (Lipinski definition) is 0. The number of esters is 2. The number of carboxylic acid groups (broad SMARTS) is 1. The summed E-state index contributed by atoms with van der Waals surface area (Å²) in [7, 11) is 5.37. The fraction of sp³-hybridized carbons (Fsp3) is 0.718. The van der Waals surface area contributed by atoms with Gasteiger partial charge in [-0.15, -0.1) is 0 Å². The molecule has 8 heteroatoms. The van der Waals surface area contributed by atoms with Gasteiger partial charge in [0.1, 0.15) is 12.6 Å². The van der Waals surface area contributed by atoms with E-state index in [0.717, 1.165) is 77.0 Å². The SMILES string of the molecule is CC/C=C\C/C=C\C/C=C\C/C=C\CCCCCCC(=O)OC(COCCC(C(=O)[O-])[N+](C)(C)C)COC(=O)CCCCCCCC. The predicted octanol–water partition coefficient (Wildman–Crippen LogP) is 7.57. The topological polar surface area (TPSA) is 102 Å². The summed E-state index contributed by atoms with van der Waals surface area (Å²) in [5.41, 5.74) is 0. The number of carbonyl (C=O) groups is 3. The van der Waals surface area contributed by atoms with E-state index in [0.29, 0.717) is 12.8 Å². The lowest BCUT2D eigenvalue weighted by Gasteiger charge is -2.34. The third-order valence-corrected chi connectivity index (χ3v) is 7.73. The number of ether oxygens (including phenoxy) is 3. The van der Waals surface area contributed by atoms with Crippen LogP contribution in [0.15, 0.2) is 48.6 Å². The molecule has 0 fully saturated rings. The van der Waals surface area contributed by atoms with E-state index in [1.54, 1.807) is 21.1 Å². The highest BCUT2D eigenvalue weighted by atomic mass is 16.6. The third-order valence-electron chi connectivity index (χ3n) is 7.73. The number of likely N-dealkylation sites (N-methyl/N-ethyl adjacent to an activating group) is 1. The van der Waals surface area contributed by atoms with Gasteiger partial charge < -0.3 is 28.6 Å². The number of quaternary nitrogens is 1. The lowest BCUT2D eigenvalue weighted by atomic mass is 10.1. The minimum atomic E-state index is -1.13. The van der Waals surface area contributed by atoms with Gasteiger partial charge in [0.25, 0.3) is 0 Å². The molecule has 0 aromatic rings. The second-order valence-corrected chi connectivity index (χ2v) is 13.1. The Morgan fingerprint density at radius 1 is 0.660 bits per heavy atom. The molecule has 0 aliphatic carbocycles. The normalized spacial score (nSPS) is 13.6. The molecule has 2 unspecified atom stereocenters. The van der Waals surface area contributed by atoms with E-state index in [1.807, 2.05) is 0 Å². The Kier molecular flexibility index (Phi) is 28.8. The molecule has 0 heterocycles. The monoisotopic (exact) mass is 661 g/mol. The Morgan fingerprint density at radius 3 is 1.77 bits per heavy atom. The minimum absolute atomic E-state index is 0.0296. The average Bonchev–Trinajstić information content (AvgIpc) is 3.01. The van der Waals surface area contributed by atoms with Crippen LogP contribution in [0.5, 0.6) is 0 Å². The predicted molar refractivity (Wildman–Crippen MR) is 189 cm³/mol. The summed E-state index contributed by atoms with van der Waals surface area (Å²) in [6, 6.07) is -0.728. The van der Waals surface area contributed by atoms with E-state index in [-0.39, 0.29) is 42.7 Å². The zero-order chi connectivity index (χ0) is 35.0. The fourth-order valence-electron chi connectivity index (χ4n) is 4.88. The zero-order valence-corrected chi connectivity index (χ0v) is 30.4. The molecule has 0 spiro atoms. The molecule has 0 saturated heterocycles. The fourth-order valence-corrected chi connectivity index (χ4v) is 4.88. The van der Waals surface area contributed by atoms with Crippen LogP contribution in [0.1, 0.15) is 129 Å². The smallest absolute Gasteiger partial charge is 0.306 e. The molecule has 0 aliphatic rings. The van der Waals surface area contributed by atoms with Crippen molar-refractivity contribution >= 4 is 17.9 Å². The summed E-state index contributed by atoms with van der Waals surface area (Å²) in [6.45, 7) is 4.43. The van der Waals surface area contributed by atoms with Gasteiger partial charge >= 0.3 is 11.9 Å². The highest BCUT2D eigenvalue weighted by Gasteiger charge is 2.25. The molecule has 0 aliphatic heterocycles. The number of aliphatic carboxylic acids is 1. The maximum Gasteiger partial charge on any atom is 0.306 e. The van der Waals surface area contributed by atoms with Crippen molar-refractivity contribution in [2.45, 2.75) is 142 Å². The first-order chi connectivity index (χ1) is 22.6. The van der Waals surface area contributed by atoms with Crippen molar-refractivity contribution in [1.82, 2.24) is 0 Å². The van der Waals surface area contributed by atoms with Crippen molar-refractivity contribution in [3.05, 3.63) is 48.6 Å². The van der Waals surface area contributed by atoms with Crippen molar-refractivity contribution in [2.24, 2.45) is 0 Å². The third kappa shape index (κ3) is 29.2. The Hall–Kier alpha value is -2.71. The highest BCUT2D eigenvalue weighted by Crippen LogP contribution is 2.12. The van der Waals surface area contributed by atoms with E-state index in [1.165, 1.54) is 19.3 Å². The first-order valence-corrected chi connectivity index (χ1v) is 18.2. The van der Waals surface area contributed by atoms with Crippen molar-refractivity contribution in [2.75, 3.05) is 41.0 Å². The van der Waals surface area contributed by atoms with Crippen molar-refractivity contribution in [3.8, 4) is 0 Å². The highest BCUT2D eigenvalue weighted by molar-refractivity contribution is 5.70. The van der Waals surface area contributed by atoms with Crippen molar-refractivity contribution < 1.29 is 38.2 Å². The van der Waals surface area contributed by atoms with Crippen LogP contribution in [0.2, 0.25) is 0 Å². The van der Waals surface area contributed by atoms with Gasteiger partial charge in [0, 0.05) is 19.3 Å². The molecule has 0 aromatic heterocycles. The van der Waals surface area contributed by atoms with E-state index >= 15 is 0 Å². The van der Waals surface area contributed by atoms with Crippen LogP contribution in [0, 0.1) is 0 Å². The van der Waals surface area contributed by atoms with Crippen LogP contribution in [0.3, 0.4) is 0 Å². The number of nitrogens with zero attached hydrogens (tertiary/aromatic N) is 1. The molecule has 0 radical (unpaired) electrons. The molecule has 0 bridgehead atoms. The lowest BCUT2D eigenvalue weighted by Crippen LogP contribution is -2.55. The van der Waals surface area contributed by atoms with Crippen LogP contribution in [0.4, 0.5) is 0 Å². The number of carboxylic acids is 1. The molecule has 0 saturated carbocycles. The van der Waals surface area contributed by atoms with Crippen molar-refractivity contribution in [3.63, 3.8) is 0 Å². The molecule has 270 valence electrons. The molecule has 8 nitrogen and oxygen atoms in total. The molecular weight excluding hydrogens is 594 g/mol. The zero-order valence-electron chi connectivity index (χ0n) is 30.4. The minimum Gasteiger partial charge on any atom is -0.544 e. The van der Waals surface area contributed by atoms with Crippen LogP contribution in [-0.4, -0.2) is 75.5 Å². The van der Waals surface area contributed by atoms with E-state index in [2.05, 4.69) is 62.5 Å². The van der Waals surface area contributed by atoms with Crippen LogP contribution in [-0.2, 0) is 28.6 Å². The summed E-state index contributed by atoms with van der Waals surface area (Å²) in [5, 5.41) is 11.5. The van der Waals surface area contributed by atoms with Crippen LogP contribution >= 0.6 is 0 Å². The number of allylic oxidation sites excluding steroid dienone is 8. The maximum absolute atomic E-state index is 12.6. The maximum atomic E-state index is 12.6. The lowest BCUT2D eigenvalue weighted by molar-refractivity contribution is -0.889. The van der Waals surface area contributed by atoms with Gasteiger partial charge in [-0.1, -0.05) is 107 Å². The molecule has 47 heavy (non-hydrogen) atoms. The Balaban J connectivity index is 4.42. The molecule has 0 aromatic carbocycles. The van der Waals surface area contributed by atoms with Gasteiger partial charge in [-0.2, -0.15) is 0 Å². The second-order valence-electron chi connectivity index (χ2n) is 13.1. The molecular formula is C39H67NO7. The molecule has 0 N–H and O–H groups in total. The van der Waals surface area contributed by atoms with E-state index in [9.17, 15) is 19.5 Å². The quantitative estimate of drug-likeness (QED) is 0.0327. The number of unbranched alkanes of at least 4 members (excludes halogenated alkanes) is 9. The second kappa shape index (κ2) is 30.6. The van der Waals surface area contributed by atoms with Crippen LogP contribution < -0.4 is 5.11 Å². The van der Waals surface area contributed by atoms with Gasteiger partial charge in [-0.25, -0.2) is 0 Å². The van der Waals surface area contributed by atoms with E-state index in [4.69, 9.17) is 14.2 Å². The largest absolute Gasteiger partial charge is 0.544 e. The summed E-state index contributed by atoms with van der Waals surface area (Å²) >= 11 is 0. The summed E-state index contributed by atoms with van der Waals surface area (Å²) < 4.78 is 17.0. The van der Waals surface area contributed by atoms with Gasteiger partial charge in [0.15, 0.2) is 6.10 Å². The average molecular weight is 662 g/mol. The number of carbonyl (C=O) groups excluding carboxylic acids is 3. The molecule has 0 amide bonds. The first kappa shape index (κ1) is 44.3. The Morgan fingerprint density at radius 2 is 1.19 bits per heavy atom. The standard InChI is InChI=1S/C39H67NO7/c1-6-8-10-12-14-15-16-17-18-19-20-21-22-23-24-26-28-30-38(42)47-35(33-45-32-31-36(39(43)44)40(3,4)5)34-46-37(41)29-27-25-13-11-9-7-2/h8,10,14-15,17-18,20-21,35-36H,6-7,9,11-13,16,19,22-34H2,1-5H3/b10-8-,15-14-,18-17-,21-20-. The van der Waals surface area contributed by atoms with E-state index < -0.39 is 18.1 Å². The Bertz CT molecular complexity index is 917. The Labute approximate surface area is 286 Å². The number of rotatable bonds is 31. The van der Waals surface area contributed by atoms with Gasteiger partial charge in [0.05, 0.1) is 40.3 Å². The summed E-state index contributed by atoms with van der Waals surface area (Å²) in [4.78, 5) is 36.4. The molecule has 0 rings (SSSR count). The van der Waals surface area contributed by atoms with Gasteiger partial charge in [-0.3, -0.25) is 9.59 Å². The summed E-state index contributed by atoms with van der Waals surface area (Å²) in [6.07, 6.45) is 33.0. The van der Waals surface area contributed by atoms with Crippen molar-refractivity contribution in [1.29, 1.82) is 0 Å². The first-order valence-electron chi connectivity index (χ1n) is 18.2. The van der Waals surface area contributed by atoms with Crippen LogP contribution in [0.25, 0.3) is 0 Å².